The Morgan fingerprint density at radius 1 is 1.25 bits per heavy atom. The molecule has 1 aromatic rings. The molecule has 20 heavy (non-hydrogen) atoms. The number of ether oxygens (including phenoxy) is 2. The smallest absolute Gasteiger partial charge is 0.166 e. The molecule has 0 radical (unpaired) electrons. The molecule has 1 saturated heterocycles. The van der Waals surface area contributed by atoms with Crippen molar-refractivity contribution in [2.45, 2.75) is 32.1 Å². The molecule has 1 aromatic carbocycles. The summed E-state index contributed by atoms with van der Waals surface area (Å²) in [5, 5.41) is 0. The molecule has 2 atom stereocenters. The Kier molecular flexibility index (Phi) is 4.06. The van der Waals surface area contributed by atoms with E-state index in [0.29, 0.717) is 11.7 Å². The molecule has 2 aliphatic rings. The first-order chi connectivity index (χ1) is 9.79. The summed E-state index contributed by atoms with van der Waals surface area (Å²) in [5.41, 5.74) is 2.05. The van der Waals surface area contributed by atoms with Crippen molar-refractivity contribution in [3.05, 3.63) is 29.3 Å². The summed E-state index contributed by atoms with van der Waals surface area (Å²) in [4.78, 5) is 12.8. The molecule has 3 heteroatoms. The lowest BCUT2D eigenvalue weighted by atomic mass is 9.81. The quantitative estimate of drug-likeness (QED) is 0.777. The van der Waals surface area contributed by atoms with Crippen LogP contribution in [0.15, 0.2) is 18.2 Å². The summed E-state index contributed by atoms with van der Waals surface area (Å²) >= 11 is 0. The van der Waals surface area contributed by atoms with Crippen molar-refractivity contribution in [2.24, 2.45) is 11.8 Å². The van der Waals surface area contributed by atoms with Gasteiger partial charge in [0, 0.05) is 18.1 Å². The van der Waals surface area contributed by atoms with E-state index in [-0.39, 0.29) is 5.92 Å². The average molecular weight is 274 g/mol. The molecule has 3 nitrogen and oxygen atoms in total. The molecule has 0 amide bonds. The van der Waals surface area contributed by atoms with Crippen molar-refractivity contribution >= 4 is 5.78 Å². The van der Waals surface area contributed by atoms with Crippen LogP contribution < -0.4 is 4.74 Å². The Balaban J connectivity index is 1.87. The van der Waals surface area contributed by atoms with Crippen LogP contribution in [0.3, 0.4) is 0 Å². The van der Waals surface area contributed by atoms with Crippen LogP contribution in [0.2, 0.25) is 0 Å². The van der Waals surface area contributed by atoms with Crippen molar-refractivity contribution in [3.63, 3.8) is 0 Å². The third-order valence-electron chi connectivity index (χ3n) is 4.64. The van der Waals surface area contributed by atoms with Gasteiger partial charge < -0.3 is 9.47 Å². The Morgan fingerprint density at radius 2 is 2.15 bits per heavy atom. The van der Waals surface area contributed by atoms with Crippen molar-refractivity contribution in [1.29, 1.82) is 0 Å². The van der Waals surface area contributed by atoms with Crippen LogP contribution >= 0.6 is 0 Å². The first kappa shape index (κ1) is 13.6. The molecule has 1 aliphatic heterocycles. The number of benzene rings is 1. The molecular weight excluding hydrogens is 252 g/mol. The lowest BCUT2D eigenvalue weighted by Gasteiger charge is -2.28. The number of rotatable bonds is 2. The van der Waals surface area contributed by atoms with Crippen LogP contribution in [-0.2, 0) is 11.2 Å². The van der Waals surface area contributed by atoms with Gasteiger partial charge in [-0.1, -0.05) is 0 Å². The molecule has 108 valence electrons. The molecule has 2 unspecified atom stereocenters. The van der Waals surface area contributed by atoms with Gasteiger partial charge in [0.25, 0.3) is 0 Å². The van der Waals surface area contributed by atoms with Gasteiger partial charge in [-0.15, -0.1) is 0 Å². The minimum atomic E-state index is 0.143. The van der Waals surface area contributed by atoms with E-state index >= 15 is 0 Å². The highest BCUT2D eigenvalue weighted by Crippen LogP contribution is 2.34. The van der Waals surface area contributed by atoms with Crippen LogP contribution in [0.25, 0.3) is 0 Å². The molecule has 1 fully saturated rings. The van der Waals surface area contributed by atoms with Crippen LogP contribution in [0.1, 0.15) is 41.6 Å². The average Bonchev–Trinajstić information content (AvgIpc) is 2.67. The second kappa shape index (κ2) is 5.96. The number of ketones is 1. The fraction of sp³-hybridized carbons (Fsp3) is 0.588. The number of hydrogen-bond acceptors (Lipinski definition) is 3. The lowest BCUT2D eigenvalue weighted by Crippen LogP contribution is -2.30. The zero-order valence-electron chi connectivity index (χ0n) is 12.1. The standard InChI is InChI=1S/C17H22O3/c1-19-14-7-8-16-12(10-14)4-2-6-15(17(16)18)13-5-3-9-20-11-13/h7-8,10,13,15H,2-6,9,11H2,1H3. The minimum Gasteiger partial charge on any atom is -0.497 e. The monoisotopic (exact) mass is 274 g/mol. The Bertz CT molecular complexity index is 489. The van der Waals surface area contributed by atoms with Crippen molar-refractivity contribution < 1.29 is 14.3 Å². The first-order valence-corrected chi connectivity index (χ1v) is 7.58. The fourth-order valence-corrected chi connectivity index (χ4v) is 3.52. The van der Waals surface area contributed by atoms with Gasteiger partial charge in [0.05, 0.1) is 13.7 Å². The molecule has 1 heterocycles. The van der Waals surface area contributed by atoms with Crippen molar-refractivity contribution in [1.82, 2.24) is 0 Å². The van der Waals surface area contributed by atoms with Crippen LogP contribution in [-0.4, -0.2) is 26.1 Å². The summed E-state index contributed by atoms with van der Waals surface area (Å²) in [5.74, 6) is 1.71. The lowest BCUT2D eigenvalue weighted by molar-refractivity contribution is 0.0278. The van der Waals surface area contributed by atoms with Gasteiger partial charge in [-0.3, -0.25) is 4.79 Å². The predicted molar refractivity (Wildman–Crippen MR) is 77.3 cm³/mol. The summed E-state index contributed by atoms with van der Waals surface area (Å²) in [6.07, 6.45) is 5.26. The highest BCUT2D eigenvalue weighted by atomic mass is 16.5. The summed E-state index contributed by atoms with van der Waals surface area (Å²) < 4.78 is 10.8. The minimum absolute atomic E-state index is 0.143. The van der Waals surface area contributed by atoms with E-state index < -0.39 is 0 Å². The number of methoxy groups -OCH3 is 1. The number of hydrogen-bond donors (Lipinski definition) is 0. The van der Waals surface area contributed by atoms with E-state index in [9.17, 15) is 4.79 Å². The van der Waals surface area contributed by atoms with Gasteiger partial charge in [-0.2, -0.15) is 0 Å². The predicted octanol–water partition coefficient (Wildman–Crippen LogP) is 3.26. The van der Waals surface area contributed by atoms with Crippen molar-refractivity contribution in [3.8, 4) is 5.75 Å². The zero-order chi connectivity index (χ0) is 13.9. The van der Waals surface area contributed by atoms with E-state index in [4.69, 9.17) is 9.47 Å². The topological polar surface area (TPSA) is 35.5 Å². The number of fused-ring (bicyclic) bond motifs is 1. The number of Topliss-reactive ketones (excluding diaryl/α,β-unsaturated/α-hetero) is 1. The van der Waals surface area contributed by atoms with Crippen LogP contribution in [0, 0.1) is 11.8 Å². The van der Waals surface area contributed by atoms with Gasteiger partial charge in [0.2, 0.25) is 0 Å². The molecule has 3 rings (SSSR count). The molecule has 0 spiro atoms. The van der Waals surface area contributed by atoms with Gasteiger partial charge in [0.15, 0.2) is 5.78 Å². The second-order valence-corrected chi connectivity index (χ2v) is 5.86. The van der Waals surface area contributed by atoms with E-state index in [1.807, 2.05) is 18.2 Å². The maximum absolute atomic E-state index is 12.8. The van der Waals surface area contributed by atoms with Gasteiger partial charge in [-0.05, 0) is 61.8 Å². The Morgan fingerprint density at radius 3 is 2.90 bits per heavy atom. The van der Waals surface area contributed by atoms with E-state index in [1.165, 1.54) is 0 Å². The maximum atomic E-state index is 12.8. The van der Waals surface area contributed by atoms with Gasteiger partial charge in [0.1, 0.15) is 5.75 Å². The highest BCUT2D eigenvalue weighted by Gasteiger charge is 2.33. The van der Waals surface area contributed by atoms with Gasteiger partial charge >= 0.3 is 0 Å². The van der Waals surface area contributed by atoms with Crippen LogP contribution in [0.4, 0.5) is 0 Å². The SMILES string of the molecule is COc1ccc2c(c1)CCCC(C1CCCOC1)C2=O. The van der Waals surface area contributed by atoms with E-state index in [2.05, 4.69) is 0 Å². The Hall–Kier alpha value is -1.35. The normalized spacial score (nSPS) is 26.8. The molecule has 0 saturated carbocycles. The zero-order valence-corrected chi connectivity index (χ0v) is 12.1. The van der Waals surface area contributed by atoms with Crippen LogP contribution in [0.5, 0.6) is 5.75 Å². The highest BCUT2D eigenvalue weighted by molar-refractivity contribution is 5.99. The fourth-order valence-electron chi connectivity index (χ4n) is 3.52. The third kappa shape index (κ3) is 2.59. The molecule has 0 bridgehead atoms. The number of carbonyl (C=O) groups is 1. The third-order valence-corrected chi connectivity index (χ3v) is 4.64. The Labute approximate surface area is 120 Å². The second-order valence-electron chi connectivity index (χ2n) is 5.86. The van der Waals surface area contributed by atoms with Gasteiger partial charge in [-0.25, -0.2) is 0 Å². The first-order valence-electron chi connectivity index (χ1n) is 7.58. The summed E-state index contributed by atoms with van der Waals surface area (Å²) in [6.45, 7) is 1.60. The number of carbonyl (C=O) groups excluding carboxylic acids is 1. The molecule has 0 N–H and O–H groups in total. The van der Waals surface area contributed by atoms with E-state index in [0.717, 1.165) is 62.2 Å². The van der Waals surface area contributed by atoms with E-state index in [1.54, 1.807) is 7.11 Å². The maximum Gasteiger partial charge on any atom is 0.166 e. The summed E-state index contributed by atoms with van der Waals surface area (Å²) in [7, 11) is 1.67. The largest absolute Gasteiger partial charge is 0.497 e. The summed E-state index contributed by atoms with van der Waals surface area (Å²) in [6, 6.07) is 5.86. The molecular formula is C17H22O3. The van der Waals surface area contributed by atoms with Crippen molar-refractivity contribution in [2.75, 3.05) is 20.3 Å². The number of aryl methyl sites for hydroxylation is 1. The molecule has 1 aliphatic carbocycles. The molecule has 0 aromatic heterocycles.